The van der Waals surface area contributed by atoms with E-state index in [4.69, 9.17) is 5.73 Å². The van der Waals surface area contributed by atoms with E-state index >= 15 is 0 Å². The van der Waals surface area contributed by atoms with Gasteiger partial charge in [-0.25, -0.2) is 17.2 Å². The molecule has 1 unspecified atom stereocenters. The van der Waals surface area contributed by atoms with Crippen LogP contribution in [0.15, 0.2) is 33.4 Å². The number of halogens is 2. The predicted molar refractivity (Wildman–Crippen MR) is 85.0 cm³/mol. The average Bonchev–Trinajstić information content (AvgIpc) is 2.91. The highest BCUT2D eigenvalue weighted by molar-refractivity contribution is 7.93. The molecule has 1 aromatic carbocycles. The van der Waals surface area contributed by atoms with Gasteiger partial charge in [-0.05, 0) is 25.1 Å². The molecule has 1 aromatic heterocycles. The van der Waals surface area contributed by atoms with E-state index in [0.717, 1.165) is 31.2 Å². The second-order valence-electron chi connectivity index (χ2n) is 4.89. The van der Waals surface area contributed by atoms with Crippen LogP contribution in [0.5, 0.6) is 0 Å². The number of benzene rings is 1. The van der Waals surface area contributed by atoms with Crippen molar-refractivity contribution >= 4 is 38.0 Å². The lowest BCUT2D eigenvalue weighted by Gasteiger charge is -2.06. The largest absolute Gasteiger partial charge is 0.384 e. The lowest BCUT2D eigenvalue weighted by molar-refractivity contribution is -0.123. The quantitative estimate of drug-likeness (QED) is 0.709. The molecule has 0 spiro atoms. The van der Waals surface area contributed by atoms with Gasteiger partial charge in [-0.3, -0.25) is 9.59 Å². The number of hydrogen-bond donors (Lipinski definition) is 3. The summed E-state index contributed by atoms with van der Waals surface area (Å²) in [6.07, 6.45) is -1.44. The molecule has 0 aliphatic rings. The summed E-state index contributed by atoms with van der Waals surface area (Å²) in [5.74, 6) is -4.58. The number of nitrogens with two attached hydrogens (primary N) is 1. The first-order valence-corrected chi connectivity index (χ1v) is 8.97. The van der Waals surface area contributed by atoms with Crippen LogP contribution >= 0.6 is 11.3 Å². The zero-order valence-electron chi connectivity index (χ0n) is 12.6. The number of sulfone groups is 1. The molecule has 0 radical (unpaired) electrons. The van der Waals surface area contributed by atoms with E-state index in [1.54, 1.807) is 0 Å². The van der Waals surface area contributed by atoms with Crippen LogP contribution in [0, 0.1) is 11.6 Å². The van der Waals surface area contributed by atoms with E-state index in [-0.39, 0.29) is 10.6 Å². The van der Waals surface area contributed by atoms with Crippen LogP contribution < -0.4 is 11.1 Å². The number of rotatable bonds is 5. The van der Waals surface area contributed by atoms with Gasteiger partial charge in [-0.2, -0.15) is 0 Å². The summed E-state index contributed by atoms with van der Waals surface area (Å²) in [5.41, 5.74) is 4.77. The summed E-state index contributed by atoms with van der Waals surface area (Å²) < 4.78 is 52.0. The summed E-state index contributed by atoms with van der Waals surface area (Å²) in [4.78, 5) is 21.8. The fraction of sp³-hybridized carbons (Fsp3) is 0.143. The van der Waals surface area contributed by atoms with E-state index in [1.165, 1.54) is 0 Å². The first-order chi connectivity index (χ1) is 11.6. The predicted octanol–water partition coefficient (Wildman–Crippen LogP) is 1.28. The lowest BCUT2D eigenvalue weighted by atomic mass is 10.3. The lowest BCUT2D eigenvalue weighted by Crippen LogP contribution is -2.25. The normalized spacial score (nSPS) is 12.6. The number of aliphatic hydroxyl groups is 1. The maximum absolute atomic E-state index is 13.8. The van der Waals surface area contributed by atoms with Gasteiger partial charge in [0.25, 0.3) is 11.8 Å². The van der Waals surface area contributed by atoms with Crippen molar-refractivity contribution in [2.24, 2.45) is 5.73 Å². The maximum Gasteiger partial charge on any atom is 0.253 e. The van der Waals surface area contributed by atoms with Crippen LogP contribution in [0.3, 0.4) is 0 Å². The highest BCUT2D eigenvalue weighted by Crippen LogP contribution is 2.36. The van der Waals surface area contributed by atoms with Crippen LogP contribution in [0.25, 0.3) is 0 Å². The Morgan fingerprint density at radius 1 is 1.28 bits per heavy atom. The van der Waals surface area contributed by atoms with Gasteiger partial charge in [-0.1, -0.05) is 6.07 Å². The molecule has 1 atom stereocenters. The summed E-state index contributed by atoms with van der Waals surface area (Å²) in [7, 11) is -4.64. The molecule has 2 rings (SSSR count). The molecule has 25 heavy (non-hydrogen) atoms. The Morgan fingerprint density at radius 3 is 2.32 bits per heavy atom. The molecule has 11 heteroatoms. The van der Waals surface area contributed by atoms with Crippen molar-refractivity contribution < 1.29 is 31.9 Å². The number of aliphatic hydroxyl groups excluding tert-OH is 1. The molecule has 0 aliphatic heterocycles. The van der Waals surface area contributed by atoms with Crippen LogP contribution in [0.1, 0.15) is 17.3 Å². The smallest absolute Gasteiger partial charge is 0.253 e. The number of anilines is 1. The molecule has 2 aromatic rings. The molecule has 0 saturated heterocycles. The van der Waals surface area contributed by atoms with Crippen molar-refractivity contribution in [2.45, 2.75) is 22.1 Å². The molecular formula is C14H12F2N2O5S2. The molecule has 0 aliphatic carbocycles. The number of amides is 2. The minimum Gasteiger partial charge on any atom is -0.384 e. The highest BCUT2D eigenvalue weighted by Gasteiger charge is 2.30. The monoisotopic (exact) mass is 390 g/mol. The molecule has 0 bridgehead atoms. The summed E-state index contributed by atoms with van der Waals surface area (Å²) in [5, 5.41) is 11.1. The molecular weight excluding hydrogens is 378 g/mol. The number of carbonyl (C=O) groups is 2. The van der Waals surface area contributed by atoms with Gasteiger partial charge >= 0.3 is 0 Å². The van der Waals surface area contributed by atoms with Gasteiger partial charge in [0.15, 0.2) is 0 Å². The first-order valence-electron chi connectivity index (χ1n) is 6.67. The molecule has 7 nitrogen and oxygen atoms in total. The third-order valence-electron chi connectivity index (χ3n) is 3.04. The van der Waals surface area contributed by atoms with Crippen molar-refractivity contribution in [2.75, 3.05) is 5.32 Å². The number of carbonyl (C=O) groups excluding carboxylic acids is 2. The maximum atomic E-state index is 13.8. The van der Waals surface area contributed by atoms with E-state index in [0.29, 0.717) is 11.3 Å². The number of nitrogens with one attached hydrogen (secondary N) is 1. The minimum absolute atomic E-state index is 0.256. The van der Waals surface area contributed by atoms with Gasteiger partial charge in [0.05, 0.1) is 5.56 Å². The van der Waals surface area contributed by atoms with E-state index in [2.05, 4.69) is 5.32 Å². The molecule has 0 fully saturated rings. The van der Waals surface area contributed by atoms with Crippen molar-refractivity contribution in [3.8, 4) is 0 Å². The third-order valence-corrected chi connectivity index (χ3v) is 6.37. The van der Waals surface area contributed by atoms with Gasteiger partial charge < -0.3 is 16.2 Å². The van der Waals surface area contributed by atoms with Crippen LogP contribution in [0.4, 0.5) is 13.8 Å². The molecule has 134 valence electrons. The van der Waals surface area contributed by atoms with Crippen molar-refractivity contribution in [3.05, 3.63) is 41.5 Å². The third kappa shape index (κ3) is 3.67. The minimum atomic E-state index is -4.64. The summed E-state index contributed by atoms with van der Waals surface area (Å²) in [6, 6.07) is 3.36. The van der Waals surface area contributed by atoms with Crippen LogP contribution in [-0.2, 0) is 14.6 Å². The van der Waals surface area contributed by atoms with Crippen molar-refractivity contribution in [1.82, 2.24) is 0 Å². The topological polar surface area (TPSA) is 127 Å². The Labute approximate surface area is 145 Å². The van der Waals surface area contributed by atoms with Crippen LogP contribution in [0.2, 0.25) is 0 Å². The molecule has 0 saturated carbocycles. The zero-order valence-corrected chi connectivity index (χ0v) is 14.2. The number of thiophene rings is 1. The Bertz CT molecular complexity index is 934. The zero-order chi connectivity index (χ0) is 18.9. The highest BCUT2D eigenvalue weighted by atomic mass is 32.2. The van der Waals surface area contributed by atoms with Gasteiger partial charge in [-0.15, -0.1) is 11.3 Å². The van der Waals surface area contributed by atoms with Crippen molar-refractivity contribution in [1.29, 1.82) is 0 Å². The number of primary amides is 1. The first kappa shape index (κ1) is 19.0. The standard InChI is InChI=1S/C14H12F2N2O5S2/c1-6(19)13(21)18-14-7(12(17)20)5-10(24-14)25(22,23)11-8(15)3-2-4-9(11)16/h2-6,19H,1H3,(H2,17,20)(H,18,21). The fourth-order valence-corrected chi connectivity index (χ4v) is 4.69. The molecule has 1 heterocycles. The summed E-state index contributed by atoms with van der Waals surface area (Å²) in [6.45, 7) is 1.15. The van der Waals surface area contributed by atoms with Crippen molar-refractivity contribution in [3.63, 3.8) is 0 Å². The Kier molecular flexibility index (Phi) is 5.20. The fourth-order valence-electron chi connectivity index (χ4n) is 1.83. The van der Waals surface area contributed by atoms with E-state index in [9.17, 15) is 31.9 Å². The average molecular weight is 390 g/mol. The van der Waals surface area contributed by atoms with Gasteiger partial charge in [0, 0.05) is 0 Å². The molecule has 4 N–H and O–H groups in total. The Morgan fingerprint density at radius 2 is 1.84 bits per heavy atom. The summed E-state index contributed by atoms with van der Waals surface area (Å²) >= 11 is 0.388. The van der Waals surface area contributed by atoms with Gasteiger partial charge in [0.2, 0.25) is 9.84 Å². The second-order valence-corrected chi connectivity index (χ2v) is 8.06. The van der Waals surface area contributed by atoms with Crippen LogP contribution in [-0.4, -0.2) is 31.4 Å². The van der Waals surface area contributed by atoms with Gasteiger partial charge in [0.1, 0.15) is 31.8 Å². The van der Waals surface area contributed by atoms with E-state index < -0.39 is 48.5 Å². The number of hydrogen-bond acceptors (Lipinski definition) is 6. The molecule has 2 amide bonds. The Balaban J connectivity index is 2.60. The SMILES string of the molecule is CC(O)C(=O)Nc1sc(S(=O)(=O)c2c(F)cccc2F)cc1C(N)=O. The van der Waals surface area contributed by atoms with E-state index in [1.807, 2.05) is 0 Å². The second kappa shape index (κ2) is 6.86. The Hall–Kier alpha value is -2.37.